The first-order valence-corrected chi connectivity index (χ1v) is 22.0. The lowest BCUT2D eigenvalue weighted by Gasteiger charge is -2.57. The van der Waals surface area contributed by atoms with Crippen LogP contribution in [-0.4, -0.2) is 113 Å². The van der Waals surface area contributed by atoms with Crippen LogP contribution < -0.4 is 5.32 Å². The van der Waals surface area contributed by atoms with Crippen molar-refractivity contribution >= 4 is 53.1 Å². The predicted molar refractivity (Wildman–Crippen MR) is 234 cm³/mol. The fourth-order valence-corrected chi connectivity index (χ4v) is 9.20. The van der Waals surface area contributed by atoms with E-state index in [2.05, 4.69) is 5.32 Å². The van der Waals surface area contributed by atoms with Crippen molar-refractivity contribution in [1.82, 2.24) is 5.32 Å². The molecule has 3 aromatic carbocycles. The Kier molecular flexibility index (Phi) is 15.2. The van der Waals surface area contributed by atoms with E-state index in [1.54, 1.807) is 92.7 Å². The van der Waals surface area contributed by atoms with E-state index >= 15 is 4.79 Å². The third kappa shape index (κ3) is 10.2. The summed E-state index contributed by atoms with van der Waals surface area (Å²) in [7, 11) is 0. The summed E-state index contributed by atoms with van der Waals surface area (Å²) < 4.78 is 34.8. The maximum atomic E-state index is 15.3. The molecule has 0 unspecified atom stereocenters. The number of fused-ring (bicyclic) bond motifs is 2. The molecule has 3 aliphatic rings. The number of ether oxygens (including phenoxy) is 6. The molecule has 3 aromatic rings. The van der Waals surface area contributed by atoms with E-state index in [0.717, 1.165) is 6.92 Å². The number of aliphatic hydroxyl groups is 2. The number of hydrogen-bond acceptors (Lipinski definition) is 15. The first-order chi connectivity index (χ1) is 31.2. The zero-order valence-electron chi connectivity index (χ0n) is 37.4. The highest BCUT2D eigenvalue weighted by Crippen LogP contribution is 2.57. The van der Waals surface area contributed by atoms with Crippen molar-refractivity contribution in [3.05, 3.63) is 119 Å². The zero-order chi connectivity index (χ0) is 48.1. The van der Waals surface area contributed by atoms with Crippen LogP contribution in [0.3, 0.4) is 0 Å². The molecule has 2 fully saturated rings. The van der Waals surface area contributed by atoms with Crippen LogP contribution in [0.1, 0.15) is 93.1 Å². The molecule has 1 saturated heterocycles. The Morgan fingerprint density at radius 1 is 0.818 bits per heavy atom. The van der Waals surface area contributed by atoms with Crippen molar-refractivity contribution in [1.29, 1.82) is 0 Å². The molecule has 1 aliphatic heterocycles. The average molecular weight is 932 g/mol. The molecule has 1 heterocycles. The number of alkyl halides is 1. The molecule has 17 heteroatoms. The van der Waals surface area contributed by atoms with Crippen LogP contribution in [-0.2, 0) is 52.4 Å². The van der Waals surface area contributed by atoms with Crippen LogP contribution in [0.25, 0.3) is 0 Å². The van der Waals surface area contributed by atoms with Gasteiger partial charge < -0.3 is 44.0 Å². The second kappa shape index (κ2) is 20.3. The third-order valence-electron chi connectivity index (χ3n) is 12.9. The smallest absolute Gasteiger partial charge is 0.350 e. The van der Waals surface area contributed by atoms with Crippen molar-refractivity contribution in [3.8, 4) is 0 Å². The number of benzene rings is 3. The van der Waals surface area contributed by atoms with E-state index in [4.69, 9.17) is 40.0 Å². The Balaban J connectivity index is 1.47. The van der Waals surface area contributed by atoms with Gasteiger partial charge in [0.1, 0.15) is 29.7 Å². The summed E-state index contributed by atoms with van der Waals surface area (Å²) in [5, 5.41) is 28.3. The highest BCUT2D eigenvalue weighted by atomic mass is 35.5. The summed E-state index contributed by atoms with van der Waals surface area (Å²) in [5.74, 6) is -6.75. The largest absolute Gasteiger partial charge is 0.457 e. The van der Waals surface area contributed by atoms with E-state index in [-0.39, 0.29) is 35.3 Å². The Bertz CT molecular complexity index is 2340. The first kappa shape index (κ1) is 49.5. The van der Waals surface area contributed by atoms with Gasteiger partial charge >= 0.3 is 29.8 Å². The number of rotatable bonds is 15. The second-order valence-electron chi connectivity index (χ2n) is 17.6. The van der Waals surface area contributed by atoms with E-state index in [1.165, 1.54) is 32.9 Å². The van der Waals surface area contributed by atoms with Crippen LogP contribution in [0.4, 0.5) is 0 Å². The normalized spacial score (nSPS) is 27.0. The molecule has 2 aliphatic carbocycles. The number of Topliss-reactive ketones (excluding diaryl/α,β-unsaturated/α-hetero) is 1. The van der Waals surface area contributed by atoms with Crippen molar-refractivity contribution < 1.29 is 72.2 Å². The Morgan fingerprint density at radius 3 is 1.94 bits per heavy atom. The maximum absolute atomic E-state index is 15.3. The number of amides is 1. The van der Waals surface area contributed by atoms with Gasteiger partial charge in [0.15, 0.2) is 18.0 Å². The highest BCUT2D eigenvalue weighted by molar-refractivity contribution is 6.26. The number of nitrogens with one attached hydrogen (secondary N) is 1. The lowest BCUT2D eigenvalue weighted by molar-refractivity contribution is -0.215. The van der Waals surface area contributed by atoms with Crippen LogP contribution in [0, 0.1) is 10.8 Å². The Morgan fingerprint density at radius 2 is 1.39 bits per heavy atom. The van der Waals surface area contributed by atoms with Crippen molar-refractivity contribution in [2.24, 2.45) is 10.8 Å². The molecule has 0 aromatic heterocycles. The SMILES string of the molecule is CC(=O)O[C@H]1C(=O)[C@](C)([C@@H](O)C[C@H]2OC[C@@H]2OC(C)=O)C[C@H](OC(=O)c2ccccc2)[C@]2(O)C[C@H](OC(=O)[C@H](OC(=O)CCl)[C@@H](NC(=O)c3ccccc3)c3ccccc3)C(C)=C1C2(C)C. The molecule has 66 heavy (non-hydrogen) atoms. The molecule has 1 amide bonds. The molecule has 2 bridgehead atoms. The van der Waals surface area contributed by atoms with Crippen molar-refractivity contribution in [3.63, 3.8) is 0 Å². The molecule has 16 nitrogen and oxygen atoms in total. The van der Waals surface area contributed by atoms with Gasteiger partial charge in [-0.25, -0.2) is 9.59 Å². The number of carbonyl (C=O) groups is 7. The number of esters is 5. The maximum Gasteiger partial charge on any atom is 0.350 e. The van der Waals surface area contributed by atoms with Gasteiger partial charge in [-0.3, -0.25) is 24.0 Å². The minimum Gasteiger partial charge on any atom is -0.457 e. The van der Waals surface area contributed by atoms with E-state index in [0.29, 0.717) is 5.56 Å². The van der Waals surface area contributed by atoms with Gasteiger partial charge in [-0.15, -0.1) is 11.6 Å². The summed E-state index contributed by atoms with van der Waals surface area (Å²) in [6.45, 7) is 8.39. The summed E-state index contributed by atoms with van der Waals surface area (Å²) in [6, 6.07) is 22.8. The van der Waals surface area contributed by atoms with Crippen LogP contribution in [0.5, 0.6) is 0 Å². The van der Waals surface area contributed by atoms with E-state index in [1.807, 2.05) is 0 Å². The minimum atomic E-state index is -2.28. The van der Waals surface area contributed by atoms with Gasteiger partial charge in [-0.2, -0.15) is 0 Å². The summed E-state index contributed by atoms with van der Waals surface area (Å²) in [6.07, 6.45) is -11.3. The van der Waals surface area contributed by atoms with E-state index < -0.39 is 125 Å². The molecule has 1 saturated carbocycles. The number of halogens is 1. The minimum absolute atomic E-state index is 0.0166. The molecule has 0 radical (unpaired) electrons. The van der Waals surface area contributed by atoms with E-state index in [9.17, 15) is 39.0 Å². The third-order valence-corrected chi connectivity index (χ3v) is 13.2. The molecule has 0 spiro atoms. The summed E-state index contributed by atoms with van der Waals surface area (Å²) in [4.78, 5) is 95.5. The second-order valence-corrected chi connectivity index (χ2v) is 17.8. The molecule has 10 atom stereocenters. The first-order valence-electron chi connectivity index (χ1n) is 21.5. The molecule has 352 valence electrons. The fraction of sp³-hybridized carbons (Fsp3) is 0.449. The molecule has 3 N–H and O–H groups in total. The summed E-state index contributed by atoms with van der Waals surface area (Å²) >= 11 is 5.89. The van der Waals surface area contributed by atoms with Crippen molar-refractivity contribution in [2.75, 3.05) is 12.5 Å². The van der Waals surface area contributed by atoms with Gasteiger partial charge in [0.2, 0.25) is 6.10 Å². The van der Waals surface area contributed by atoms with Gasteiger partial charge in [-0.05, 0) is 54.8 Å². The van der Waals surface area contributed by atoms with Crippen molar-refractivity contribution in [2.45, 2.75) is 115 Å². The van der Waals surface area contributed by atoms with Crippen LogP contribution in [0.15, 0.2) is 102 Å². The molecular weight excluding hydrogens is 878 g/mol. The monoisotopic (exact) mass is 931 g/mol. The quantitative estimate of drug-likeness (QED) is 0.0796. The summed E-state index contributed by atoms with van der Waals surface area (Å²) in [5.41, 5.74) is -5.06. The Hall–Kier alpha value is -5.94. The van der Waals surface area contributed by atoms with Gasteiger partial charge in [-0.1, -0.05) is 80.6 Å². The predicted octanol–water partition coefficient (Wildman–Crippen LogP) is 4.92. The van der Waals surface area contributed by atoms with Gasteiger partial charge in [0.25, 0.3) is 5.91 Å². The van der Waals surface area contributed by atoms with Crippen LogP contribution in [0.2, 0.25) is 0 Å². The lowest BCUT2D eigenvalue weighted by atomic mass is 9.53. The Labute approximate surface area is 386 Å². The van der Waals surface area contributed by atoms with Crippen LogP contribution >= 0.6 is 11.6 Å². The number of hydrogen-bond donors (Lipinski definition) is 3. The van der Waals surface area contributed by atoms with Gasteiger partial charge in [0, 0.05) is 44.1 Å². The molecular formula is C49H54ClNO15. The molecule has 6 rings (SSSR count). The topological polar surface area (TPSA) is 227 Å². The number of ketones is 1. The van der Waals surface area contributed by atoms with Gasteiger partial charge in [0.05, 0.1) is 29.8 Å². The average Bonchev–Trinajstić information content (AvgIpc) is 3.29. The lowest BCUT2D eigenvalue weighted by Crippen LogP contribution is -2.67. The highest BCUT2D eigenvalue weighted by Gasteiger charge is 2.66. The zero-order valence-corrected chi connectivity index (χ0v) is 38.2. The standard InChI is InChI=1S/C49H54ClNO15/c1-27-34(64-46(59)42(66-38(55)25-50)40(30-16-10-7-11-17-30)51-44(57)31-18-12-8-13-19-31)23-49(60)37(65-45(58)32-20-14-9-15-21-32)24-48(6,36(54)22-33-35(26-61-33)62-28(2)52)43(56)41(63-29(3)53)39(27)47(49,4)5/h7-21,33-37,40-42,54,60H,22-26H2,1-6H3,(H,51,57)/t33-,34+,35+,36+,37+,40+,41-,42-,48+,49-/m1/s1. The fourth-order valence-electron chi connectivity index (χ4n) is 9.14. The number of aliphatic hydroxyl groups excluding tert-OH is 1. The number of carbonyl (C=O) groups excluding carboxylic acids is 7.